The van der Waals surface area contributed by atoms with Crippen LogP contribution in [0.2, 0.25) is 0 Å². The van der Waals surface area contributed by atoms with Gasteiger partial charge in [-0.3, -0.25) is 0 Å². The molecular formula is C9H21NO. The largest absolute Gasteiger partial charge is 0.381 e. The van der Waals surface area contributed by atoms with Gasteiger partial charge in [0.25, 0.3) is 0 Å². The molecule has 2 heteroatoms. The van der Waals surface area contributed by atoms with Crippen LogP contribution < -0.4 is 5.32 Å². The first-order chi connectivity index (χ1) is 5.43. The van der Waals surface area contributed by atoms with Gasteiger partial charge in [-0.05, 0) is 32.4 Å². The molecule has 1 saturated heterocycles. The van der Waals surface area contributed by atoms with E-state index >= 15 is 0 Å². The van der Waals surface area contributed by atoms with Crippen molar-refractivity contribution in [2.24, 2.45) is 5.92 Å². The predicted molar refractivity (Wildman–Crippen MR) is 48.8 cm³/mol. The van der Waals surface area contributed by atoms with Crippen LogP contribution in [0.3, 0.4) is 0 Å². The molecule has 0 aromatic heterocycles. The summed E-state index contributed by atoms with van der Waals surface area (Å²) in [5.41, 5.74) is 0. The second kappa shape index (κ2) is 8.02. The monoisotopic (exact) mass is 159 g/mol. The molecule has 0 aliphatic carbocycles. The van der Waals surface area contributed by atoms with Crippen LogP contribution in [0.4, 0.5) is 0 Å². The Morgan fingerprint density at radius 3 is 2.64 bits per heavy atom. The van der Waals surface area contributed by atoms with Gasteiger partial charge in [0.15, 0.2) is 0 Å². The van der Waals surface area contributed by atoms with Crippen molar-refractivity contribution in [3.05, 3.63) is 0 Å². The van der Waals surface area contributed by atoms with Gasteiger partial charge in [-0.1, -0.05) is 13.8 Å². The molecule has 1 aliphatic rings. The Balaban J connectivity index is 0.000000461. The number of nitrogens with one attached hydrogen (secondary N) is 1. The zero-order valence-corrected chi connectivity index (χ0v) is 8.02. The third kappa shape index (κ3) is 5.22. The first-order valence-electron chi connectivity index (χ1n) is 4.66. The van der Waals surface area contributed by atoms with Gasteiger partial charge >= 0.3 is 0 Å². The Morgan fingerprint density at radius 2 is 2.18 bits per heavy atom. The lowest BCUT2D eigenvalue weighted by atomic mass is 10.0. The minimum absolute atomic E-state index is 0.767. The maximum absolute atomic E-state index is 5.29. The van der Waals surface area contributed by atoms with Gasteiger partial charge in [0.2, 0.25) is 0 Å². The van der Waals surface area contributed by atoms with E-state index in [0.29, 0.717) is 0 Å². The first-order valence-corrected chi connectivity index (χ1v) is 4.66. The number of rotatable bonds is 2. The summed E-state index contributed by atoms with van der Waals surface area (Å²) < 4.78 is 5.29. The van der Waals surface area contributed by atoms with Crippen molar-refractivity contribution < 1.29 is 4.74 Å². The lowest BCUT2D eigenvalue weighted by Crippen LogP contribution is -2.26. The van der Waals surface area contributed by atoms with Gasteiger partial charge in [-0.25, -0.2) is 0 Å². The number of ether oxygens (including phenoxy) is 1. The summed E-state index contributed by atoms with van der Waals surface area (Å²) in [7, 11) is 1.99. The predicted octanol–water partition coefficient (Wildman–Crippen LogP) is 1.66. The average Bonchev–Trinajstić information content (AvgIpc) is 2.11. The van der Waals surface area contributed by atoms with E-state index in [2.05, 4.69) is 5.32 Å². The molecule has 0 radical (unpaired) electrons. The van der Waals surface area contributed by atoms with Crippen LogP contribution in [0.5, 0.6) is 0 Å². The summed E-state index contributed by atoms with van der Waals surface area (Å²) in [6.07, 6.45) is 2.58. The Bertz CT molecular complexity index is 67.2. The average molecular weight is 159 g/mol. The van der Waals surface area contributed by atoms with E-state index < -0.39 is 0 Å². The molecule has 11 heavy (non-hydrogen) atoms. The second-order valence-corrected chi connectivity index (χ2v) is 2.64. The van der Waals surface area contributed by atoms with Gasteiger partial charge in [0.05, 0.1) is 6.61 Å². The van der Waals surface area contributed by atoms with Crippen molar-refractivity contribution in [2.45, 2.75) is 26.7 Å². The van der Waals surface area contributed by atoms with Crippen LogP contribution >= 0.6 is 0 Å². The molecule has 0 spiro atoms. The summed E-state index contributed by atoms with van der Waals surface area (Å²) in [6.45, 7) is 7.04. The van der Waals surface area contributed by atoms with E-state index in [1.165, 1.54) is 12.8 Å². The van der Waals surface area contributed by atoms with Crippen LogP contribution in [0.25, 0.3) is 0 Å². The van der Waals surface area contributed by atoms with Gasteiger partial charge < -0.3 is 10.1 Å². The molecule has 1 heterocycles. The molecule has 0 bridgehead atoms. The van der Waals surface area contributed by atoms with Crippen LogP contribution in [0, 0.1) is 5.92 Å². The van der Waals surface area contributed by atoms with Gasteiger partial charge in [0.1, 0.15) is 0 Å². The zero-order chi connectivity index (χ0) is 8.53. The van der Waals surface area contributed by atoms with E-state index in [-0.39, 0.29) is 0 Å². The highest BCUT2D eigenvalue weighted by Crippen LogP contribution is 2.11. The van der Waals surface area contributed by atoms with Crippen LogP contribution in [-0.2, 0) is 4.74 Å². The van der Waals surface area contributed by atoms with E-state index in [4.69, 9.17) is 4.74 Å². The summed E-state index contributed by atoms with van der Waals surface area (Å²) in [4.78, 5) is 0. The summed E-state index contributed by atoms with van der Waals surface area (Å²) >= 11 is 0. The summed E-state index contributed by atoms with van der Waals surface area (Å²) in [6, 6.07) is 0. The van der Waals surface area contributed by atoms with E-state index in [1.54, 1.807) is 0 Å². The fraction of sp³-hybridized carbons (Fsp3) is 1.00. The van der Waals surface area contributed by atoms with Gasteiger partial charge in [-0.2, -0.15) is 0 Å². The van der Waals surface area contributed by atoms with Crippen molar-refractivity contribution in [3.63, 3.8) is 0 Å². The highest BCUT2D eigenvalue weighted by molar-refractivity contribution is 4.63. The maximum atomic E-state index is 5.29. The first kappa shape index (κ1) is 10.9. The van der Waals surface area contributed by atoms with Crippen molar-refractivity contribution >= 4 is 0 Å². The summed E-state index contributed by atoms with van der Waals surface area (Å²) in [5.74, 6) is 0.767. The molecule has 1 atom stereocenters. The van der Waals surface area contributed by atoms with E-state index in [0.717, 1.165) is 25.7 Å². The lowest BCUT2D eigenvalue weighted by Gasteiger charge is -2.21. The van der Waals surface area contributed by atoms with Gasteiger partial charge in [-0.15, -0.1) is 0 Å². The van der Waals surface area contributed by atoms with Crippen LogP contribution in [0.15, 0.2) is 0 Å². The van der Waals surface area contributed by atoms with Crippen LogP contribution in [-0.4, -0.2) is 26.8 Å². The molecule has 0 amide bonds. The molecule has 1 unspecified atom stereocenters. The molecular weight excluding hydrogens is 138 g/mol. The highest BCUT2D eigenvalue weighted by Gasteiger charge is 2.11. The maximum Gasteiger partial charge on any atom is 0.0506 e. The van der Waals surface area contributed by atoms with Crippen molar-refractivity contribution in [3.8, 4) is 0 Å². The Morgan fingerprint density at radius 1 is 1.45 bits per heavy atom. The Kier molecular flexibility index (Phi) is 7.96. The third-order valence-corrected chi connectivity index (χ3v) is 1.75. The smallest absolute Gasteiger partial charge is 0.0506 e. The molecule has 0 saturated carbocycles. The zero-order valence-electron chi connectivity index (χ0n) is 8.02. The lowest BCUT2D eigenvalue weighted by molar-refractivity contribution is 0.0556. The van der Waals surface area contributed by atoms with Crippen molar-refractivity contribution in [1.82, 2.24) is 5.32 Å². The minimum atomic E-state index is 0.767. The Hall–Kier alpha value is -0.0800. The molecule has 1 N–H and O–H groups in total. The second-order valence-electron chi connectivity index (χ2n) is 2.64. The van der Waals surface area contributed by atoms with Crippen LogP contribution in [0.1, 0.15) is 26.7 Å². The quantitative estimate of drug-likeness (QED) is 0.661. The van der Waals surface area contributed by atoms with Crippen molar-refractivity contribution in [2.75, 3.05) is 26.8 Å². The molecule has 2 nitrogen and oxygen atoms in total. The molecule has 1 aliphatic heterocycles. The van der Waals surface area contributed by atoms with Crippen molar-refractivity contribution in [1.29, 1.82) is 0 Å². The minimum Gasteiger partial charge on any atom is -0.381 e. The van der Waals surface area contributed by atoms with E-state index in [1.807, 2.05) is 20.9 Å². The van der Waals surface area contributed by atoms with Gasteiger partial charge in [0, 0.05) is 6.61 Å². The molecule has 1 rings (SSSR count). The molecule has 0 aromatic rings. The number of hydrogen-bond donors (Lipinski definition) is 1. The fourth-order valence-corrected chi connectivity index (χ4v) is 1.26. The third-order valence-electron chi connectivity index (χ3n) is 1.75. The normalized spacial score (nSPS) is 23.7. The fourth-order valence-electron chi connectivity index (χ4n) is 1.26. The number of hydrogen-bond acceptors (Lipinski definition) is 2. The SMILES string of the molecule is CC.CNCC1CCCOC1. The van der Waals surface area contributed by atoms with E-state index in [9.17, 15) is 0 Å². The topological polar surface area (TPSA) is 21.3 Å². The molecule has 0 aromatic carbocycles. The highest BCUT2D eigenvalue weighted by atomic mass is 16.5. The Labute approximate surface area is 70.3 Å². The standard InChI is InChI=1S/C7H15NO.C2H6/c1-8-5-7-3-2-4-9-6-7;1-2/h7-8H,2-6H2,1H3;1-2H3. The molecule has 1 fully saturated rings. The molecule has 68 valence electrons. The summed E-state index contributed by atoms with van der Waals surface area (Å²) in [5, 5.41) is 3.16.